The third kappa shape index (κ3) is 4.89. The molecule has 0 spiro atoms. The average molecular weight is 549 g/mol. The van der Waals surface area contributed by atoms with Gasteiger partial charge in [-0.3, -0.25) is 9.59 Å². The first-order valence-corrected chi connectivity index (χ1v) is 14.1. The van der Waals surface area contributed by atoms with Gasteiger partial charge in [0.05, 0.1) is 6.10 Å². The van der Waals surface area contributed by atoms with Crippen molar-refractivity contribution < 1.29 is 24.8 Å². The van der Waals surface area contributed by atoms with E-state index in [-0.39, 0.29) is 28.7 Å². The van der Waals surface area contributed by atoms with Crippen LogP contribution in [0.4, 0.5) is 0 Å². The molecule has 0 radical (unpaired) electrons. The number of hydrogen-bond donors (Lipinski definition) is 3. The van der Waals surface area contributed by atoms with Crippen LogP contribution in [0.3, 0.4) is 0 Å². The number of fused-ring (bicyclic) bond motifs is 4. The second-order valence-electron chi connectivity index (χ2n) is 13.2. The van der Waals surface area contributed by atoms with E-state index in [2.05, 4.69) is 26.0 Å². The number of allylic oxidation sites excluding steroid dienone is 1. The lowest BCUT2D eigenvalue weighted by atomic mass is 9.67. The van der Waals surface area contributed by atoms with Crippen molar-refractivity contribution in [3.05, 3.63) is 79.1 Å². The van der Waals surface area contributed by atoms with Gasteiger partial charge in [0.1, 0.15) is 22.7 Å². The van der Waals surface area contributed by atoms with Crippen LogP contribution in [0.2, 0.25) is 0 Å². The van der Waals surface area contributed by atoms with Crippen LogP contribution in [0.5, 0.6) is 23.0 Å². The van der Waals surface area contributed by atoms with Crippen molar-refractivity contribution in [3.63, 3.8) is 0 Å². The summed E-state index contributed by atoms with van der Waals surface area (Å²) in [6, 6.07) is 5.68. The third-order valence-electron chi connectivity index (χ3n) is 9.56. The molecule has 0 fully saturated rings. The maximum absolute atomic E-state index is 12.6. The van der Waals surface area contributed by atoms with Gasteiger partial charge in [-0.05, 0) is 93.2 Å². The van der Waals surface area contributed by atoms with Crippen LogP contribution < -0.4 is 20.3 Å². The van der Waals surface area contributed by atoms with Crippen molar-refractivity contribution in [2.45, 2.75) is 91.0 Å². The summed E-state index contributed by atoms with van der Waals surface area (Å²) in [5.41, 5.74) is 0.287. The molecule has 7 nitrogen and oxygen atoms in total. The highest BCUT2D eigenvalue weighted by Crippen LogP contribution is 2.49. The summed E-state index contributed by atoms with van der Waals surface area (Å²) in [5.74, 6) is 0.0238. The van der Waals surface area contributed by atoms with E-state index in [0.29, 0.717) is 37.2 Å². The molecule has 5 rings (SSSR count). The number of hydrogen-bond acceptors (Lipinski definition) is 7. The van der Waals surface area contributed by atoms with E-state index in [9.17, 15) is 24.9 Å². The number of aromatic hydroxyl groups is 2. The van der Waals surface area contributed by atoms with Gasteiger partial charge in [0.15, 0.2) is 11.5 Å². The van der Waals surface area contributed by atoms with Crippen LogP contribution >= 0.6 is 0 Å². The Balaban J connectivity index is 1.63. The van der Waals surface area contributed by atoms with Gasteiger partial charge >= 0.3 is 0 Å². The van der Waals surface area contributed by atoms with Gasteiger partial charge in [0.2, 0.25) is 10.9 Å². The van der Waals surface area contributed by atoms with Crippen molar-refractivity contribution in [1.82, 2.24) is 0 Å². The highest BCUT2D eigenvalue weighted by molar-refractivity contribution is 5.46. The number of rotatable bonds is 0. The van der Waals surface area contributed by atoms with E-state index in [4.69, 9.17) is 9.47 Å². The topological polar surface area (TPSA) is 113 Å². The molecule has 7 heteroatoms. The molecule has 2 heterocycles. The summed E-state index contributed by atoms with van der Waals surface area (Å²) in [7, 11) is 0. The number of aliphatic hydroxyl groups is 1. The summed E-state index contributed by atoms with van der Waals surface area (Å²) in [6.45, 7) is 12.0. The molecule has 0 aromatic heterocycles. The van der Waals surface area contributed by atoms with Crippen LogP contribution in [0, 0.1) is 31.1 Å². The van der Waals surface area contributed by atoms with Crippen LogP contribution in [-0.4, -0.2) is 32.6 Å². The Labute approximate surface area is 235 Å². The second-order valence-corrected chi connectivity index (χ2v) is 13.2. The SMILES string of the molecule is Cc1cc(O)c(=O)cc2c1C[C@@H]1CC(C)(C)/C=C/C[C@]3(C)Oc4cc(=O)c(O)cc(C)c4C[C@H]3C[C@@H](O)[C@@]1(C)O2. The average Bonchev–Trinajstić information content (AvgIpc) is 3.01. The highest BCUT2D eigenvalue weighted by atomic mass is 16.5. The van der Waals surface area contributed by atoms with Gasteiger partial charge in [-0.25, -0.2) is 0 Å². The van der Waals surface area contributed by atoms with Crippen molar-refractivity contribution in [1.29, 1.82) is 0 Å². The van der Waals surface area contributed by atoms with Gasteiger partial charge in [-0.15, -0.1) is 0 Å². The molecular formula is C33H40O7. The maximum atomic E-state index is 12.6. The summed E-state index contributed by atoms with van der Waals surface area (Å²) in [4.78, 5) is 25.0. The van der Waals surface area contributed by atoms with Crippen LogP contribution in [0.15, 0.2) is 46.0 Å². The second kappa shape index (κ2) is 9.65. The van der Waals surface area contributed by atoms with Gasteiger partial charge in [-0.1, -0.05) is 26.0 Å². The fraction of sp³-hybridized carbons (Fsp3) is 0.515. The zero-order chi connectivity index (χ0) is 29.2. The quantitative estimate of drug-likeness (QED) is 0.402. The zero-order valence-electron chi connectivity index (χ0n) is 24.2. The lowest BCUT2D eigenvalue weighted by Gasteiger charge is -2.49. The summed E-state index contributed by atoms with van der Waals surface area (Å²) in [6.07, 6.45) is 6.29. The molecule has 40 heavy (non-hydrogen) atoms. The summed E-state index contributed by atoms with van der Waals surface area (Å²) in [5, 5.41) is 32.4. The lowest BCUT2D eigenvalue weighted by molar-refractivity contribution is -0.117. The van der Waals surface area contributed by atoms with Crippen molar-refractivity contribution >= 4 is 0 Å². The number of aryl methyl sites for hydroxylation is 2. The minimum atomic E-state index is -1.01. The molecule has 2 aromatic carbocycles. The van der Waals surface area contributed by atoms with E-state index in [1.54, 1.807) is 0 Å². The van der Waals surface area contributed by atoms with Crippen LogP contribution in [0.25, 0.3) is 0 Å². The minimum Gasteiger partial charge on any atom is -0.504 e. The third-order valence-corrected chi connectivity index (χ3v) is 9.56. The summed E-state index contributed by atoms with van der Waals surface area (Å²) < 4.78 is 13.2. The van der Waals surface area contributed by atoms with Crippen LogP contribution in [-0.2, 0) is 12.8 Å². The van der Waals surface area contributed by atoms with Crippen molar-refractivity contribution in [2.24, 2.45) is 17.3 Å². The molecule has 0 amide bonds. The predicted octanol–water partition coefficient (Wildman–Crippen LogP) is 4.88. The fourth-order valence-electron chi connectivity index (χ4n) is 6.92. The molecule has 2 aliphatic heterocycles. The van der Waals surface area contributed by atoms with Crippen LogP contribution in [0.1, 0.15) is 69.2 Å². The summed E-state index contributed by atoms with van der Waals surface area (Å²) >= 11 is 0. The Hall–Kier alpha value is -3.32. The fourth-order valence-corrected chi connectivity index (χ4v) is 6.92. The highest BCUT2D eigenvalue weighted by Gasteiger charge is 2.51. The molecule has 3 aliphatic rings. The minimum absolute atomic E-state index is 0.0753. The molecule has 2 aromatic rings. The number of aliphatic hydroxyl groups excluding tert-OH is 1. The molecule has 214 valence electrons. The van der Waals surface area contributed by atoms with E-state index in [1.807, 2.05) is 27.7 Å². The van der Waals surface area contributed by atoms with E-state index in [1.165, 1.54) is 24.3 Å². The van der Waals surface area contributed by atoms with E-state index < -0.39 is 28.2 Å². The first kappa shape index (κ1) is 28.2. The smallest absolute Gasteiger partial charge is 0.223 e. The molecular weight excluding hydrogens is 508 g/mol. The maximum Gasteiger partial charge on any atom is 0.223 e. The zero-order valence-corrected chi connectivity index (χ0v) is 24.2. The van der Waals surface area contributed by atoms with Gasteiger partial charge in [0, 0.05) is 30.4 Å². The lowest BCUT2D eigenvalue weighted by Crippen LogP contribution is -2.57. The van der Waals surface area contributed by atoms with E-state index in [0.717, 1.165) is 28.7 Å². The first-order chi connectivity index (χ1) is 18.6. The molecule has 3 N–H and O–H groups in total. The Morgan fingerprint density at radius 2 is 1.32 bits per heavy atom. The Kier molecular flexibility index (Phi) is 6.81. The Bertz CT molecular complexity index is 1510. The standard InChI is InChI=1S/C33H40O7/c1-18-10-24(34)26(36)15-28-22(18)12-20-14-30(38)33(6)21(17-31(3,4)8-7-9-32(20,5)39-28)13-23-19(2)11-25(35)27(37)16-29(23)40-33/h7-8,10-11,15-16,20-21,30,38H,9,12-14,17H2,1-6H3,(H,34,36)(H,35,37)/b8-7+/t20-,21+,30+,32-,33-/m0/s1. The molecule has 0 bridgehead atoms. The predicted molar refractivity (Wildman–Crippen MR) is 153 cm³/mol. The largest absolute Gasteiger partial charge is 0.504 e. The van der Waals surface area contributed by atoms with Gasteiger partial charge in [-0.2, -0.15) is 0 Å². The monoisotopic (exact) mass is 548 g/mol. The molecule has 0 saturated heterocycles. The Morgan fingerprint density at radius 3 is 1.90 bits per heavy atom. The molecule has 0 unspecified atom stereocenters. The van der Waals surface area contributed by atoms with Gasteiger partial charge in [0.25, 0.3) is 0 Å². The Morgan fingerprint density at radius 1 is 0.800 bits per heavy atom. The van der Waals surface area contributed by atoms with Crippen molar-refractivity contribution in [2.75, 3.05) is 0 Å². The van der Waals surface area contributed by atoms with Crippen molar-refractivity contribution in [3.8, 4) is 23.0 Å². The van der Waals surface area contributed by atoms with Gasteiger partial charge < -0.3 is 24.8 Å². The number of ether oxygens (including phenoxy) is 2. The first-order valence-electron chi connectivity index (χ1n) is 14.1. The molecule has 5 atom stereocenters. The van der Waals surface area contributed by atoms with E-state index >= 15 is 0 Å². The normalized spacial score (nSPS) is 31.5. The molecule has 1 aliphatic carbocycles. The molecule has 0 saturated carbocycles.